The number of carbonyl (C=O) groups excluding carboxylic acids is 1. The van der Waals surface area contributed by atoms with E-state index in [1.54, 1.807) is 0 Å². The van der Waals surface area contributed by atoms with E-state index in [0.29, 0.717) is 0 Å². The summed E-state index contributed by atoms with van der Waals surface area (Å²) in [4.78, 5) is 22.3. The molecule has 1 amide bonds. The van der Waals surface area contributed by atoms with Gasteiger partial charge in [-0.05, 0) is 24.3 Å². The number of aliphatic hydroxyl groups is 1. The molecule has 26 heavy (non-hydrogen) atoms. The van der Waals surface area contributed by atoms with Gasteiger partial charge in [-0.2, -0.15) is 13.2 Å². The molecule has 0 aliphatic heterocycles. The molecule has 8 nitrogen and oxygen atoms in total. The van der Waals surface area contributed by atoms with Crippen LogP contribution in [0.3, 0.4) is 0 Å². The first-order chi connectivity index (χ1) is 12.2. The number of furan rings is 1. The SMILES string of the molecule is O=C(NCC(O)c1ccco1)c1cc(OCC(F)(F)F)ccc1[N+](=O)[O-]. The number of benzene rings is 1. The fraction of sp³-hybridized carbons (Fsp3) is 0.267. The first-order valence-electron chi connectivity index (χ1n) is 7.15. The maximum absolute atomic E-state index is 12.2. The lowest BCUT2D eigenvalue weighted by Crippen LogP contribution is -2.29. The van der Waals surface area contributed by atoms with Gasteiger partial charge in [-0.1, -0.05) is 0 Å². The summed E-state index contributed by atoms with van der Waals surface area (Å²) in [7, 11) is 0. The largest absolute Gasteiger partial charge is 0.484 e. The topological polar surface area (TPSA) is 115 Å². The highest BCUT2D eigenvalue weighted by molar-refractivity contribution is 5.98. The van der Waals surface area contributed by atoms with Crippen molar-refractivity contribution in [1.29, 1.82) is 0 Å². The van der Waals surface area contributed by atoms with Gasteiger partial charge in [0.1, 0.15) is 23.2 Å². The normalized spacial score (nSPS) is 12.5. The summed E-state index contributed by atoms with van der Waals surface area (Å²) in [5.74, 6) is -1.15. The quantitative estimate of drug-likeness (QED) is 0.569. The Morgan fingerprint density at radius 3 is 2.69 bits per heavy atom. The Hall–Kier alpha value is -3.08. The zero-order valence-corrected chi connectivity index (χ0v) is 13.0. The van der Waals surface area contributed by atoms with Crippen molar-refractivity contribution < 1.29 is 37.1 Å². The third kappa shape index (κ3) is 5.21. The van der Waals surface area contributed by atoms with Crippen LogP contribution in [0.25, 0.3) is 0 Å². The van der Waals surface area contributed by atoms with Gasteiger partial charge in [-0.3, -0.25) is 14.9 Å². The number of nitrogens with zero attached hydrogens (tertiary/aromatic N) is 1. The van der Waals surface area contributed by atoms with Crippen molar-refractivity contribution in [2.24, 2.45) is 0 Å². The van der Waals surface area contributed by atoms with E-state index in [0.717, 1.165) is 18.2 Å². The van der Waals surface area contributed by atoms with Crippen LogP contribution in [0.15, 0.2) is 41.0 Å². The van der Waals surface area contributed by atoms with Gasteiger partial charge in [-0.25, -0.2) is 0 Å². The number of halogens is 3. The molecule has 11 heteroatoms. The number of rotatable bonds is 7. The highest BCUT2D eigenvalue weighted by Gasteiger charge is 2.29. The molecule has 0 saturated heterocycles. The number of nitro groups is 1. The molecule has 1 aromatic heterocycles. The van der Waals surface area contributed by atoms with E-state index in [-0.39, 0.29) is 18.1 Å². The van der Waals surface area contributed by atoms with Crippen molar-refractivity contribution in [2.75, 3.05) is 13.2 Å². The standard InChI is InChI=1S/C15H13F3N2O6/c16-15(17,18)8-26-9-3-4-11(20(23)24)10(6-9)14(22)19-7-12(21)13-2-1-5-25-13/h1-6,12,21H,7-8H2,(H,19,22). The molecule has 1 unspecified atom stereocenters. The van der Waals surface area contributed by atoms with Crippen molar-refractivity contribution in [3.8, 4) is 5.75 Å². The van der Waals surface area contributed by atoms with Gasteiger partial charge in [0.15, 0.2) is 6.61 Å². The Morgan fingerprint density at radius 1 is 1.38 bits per heavy atom. The number of ether oxygens (including phenoxy) is 1. The monoisotopic (exact) mass is 374 g/mol. The van der Waals surface area contributed by atoms with Crippen molar-refractivity contribution in [3.63, 3.8) is 0 Å². The summed E-state index contributed by atoms with van der Waals surface area (Å²) in [6, 6.07) is 5.64. The molecule has 1 atom stereocenters. The van der Waals surface area contributed by atoms with Crippen LogP contribution >= 0.6 is 0 Å². The van der Waals surface area contributed by atoms with Crippen LogP contribution < -0.4 is 10.1 Å². The fourth-order valence-corrected chi connectivity index (χ4v) is 1.98. The summed E-state index contributed by atoms with van der Waals surface area (Å²) in [5, 5.41) is 23.1. The molecule has 2 rings (SSSR count). The van der Waals surface area contributed by atoms with Crippen LogP contribution in [-0.4, -0.2) is 35.3 Å². The molecule has 0 bridgehead atoms. The third-order valence-corrected chi connectivity index (χ3v) is 3.14. The molecule has 2 N–H and O–H groups in total. The minimum absolute atomic E-state index is 0.169. The number of carbonyl (C=O) groups is 1. The van der Waals surface area contributed by atoms with E-state index in [2.05, 4.69) is 10.1 Å². The number of hydrogen-bond donors (Lipinski definition) is 2. The van der Waals surface area contributed by atoms with Crippen molar-refractivity contribution in [3.05, 3.63) is 58.0 Å². The van der Waals surface area contributed by atoms with Gasteiger partial charge in [-0.15, -0.1) is 0 Å². The Labute approximate surface area is 144 Å². The maximum Gasteiger partial charge on any atom is 0.422 e. The second-order valence-electron chi connectivity index (χ2n) is 5.08. The lowest BCUT2D eigenvalue weighted by Gasteiger charge is -2.12. The maximum atomic E-state index is 12.2. The minimum atomic E-state index is -4.60. The molecule has 1 heterocycles. The zero-order chi connectivity index (χ0) is 19.3. The first kappa shape index (κ1) is 19.2. The van der Waals surface area contributed by atoms with Gasteiger partial charge >= 0.3 is 6.18 Å². The van der Waals surface area contributed by atoms with Crippen LogP contribution in [0.4, 0.5) is 18.9 Å². The fourth-order valence-electron chi connectivity index (χ4n) is 1.98. The minimum Gasteiger partial charge on any atom is -0.484 e. The first-order valence-corrected chi connectivity index (χ1v) is 7.15. The lowest BCUT2D eigenvalue weighted by molar-refractivity contribution is -0.385. The van der Waals surface area contributed by atoms with Gasteiger partial charge in [0, 0.05) is 6.07 Å². The number of alkyl halides is 3. The molecule has 0 aliphatic rings. The Kier molecular flexibility index (Phi) is 5.82. The van der Waals surface area contributed by atoms with E-state index in [4.69, 9.17) is 4.42 Å². The summed E-state index contributed by atoms with van der Waals surface area (Å²) < 4.78 is 46.0. The summed E-state index contributed by atoms with van der Waals surface area (Å²) >= 11 is 0. The highest BCUT2D eigenvalue weighted by atomic mass is 19.4. The second-order valence-corrected chi connectivity index (χ2v) is 5.08. The average molecular weight is 374 g/mol. The van der Waals surface area contributed by atoms with Crippen LogP contribution in [0.2, 0.25) is 0 Å². The second kappa shape index (κ2) is 7.87. The van der Waals surface area contributed by atoms with E-state index in [1.165, 1.54) is 18.4 Å². The molecule has 0 radical (unpaired) electrons. The molecule has 2 aromatic rings. The summed E-state index contributed by atoms with van der Waals surface area (Å²) in [5.41, 5.74) is -1.12. The van der Waals surface area contributed by atoms with Gasteiger partial charge in [0.05, 0.1) is 17.7 Å². The van der Waals surface area contributed by atoms with Gasteiger partial charge < -0.3 is 19.6 Å². The van der Waals surface area contributed by atoms with E-state index >= 15 is 0 Å². The molecular weight excluding hydrogens is 361 g/mol. The Bertz CT molecular complexity index is 776. The number of nitro benzene ring substituents is 1. The van der Waals surface area contributed by atoms with E-state index < -0.39 is 41.0 Å². The molecule has 0 fully saturated rings. The number of hydrogen-bond acceptors (Lipinski definition) is 6. The molecule has 0 saturated carbocycles. The summed E-state index contributed by atoms with van der Waals surface area (Å²) in [6.45, 7) is -1.93. The van der Waals surface area contributed by atoms with Gasteiger partial charge in [0.2, 0.25) is 0 Å². The molecule has 0 aliphatic carbocycles. The van der Waals surface area contributed by atoms with Crippen LogP contribution in [-0.2, 0) is 0 Å². The van der Waals surface area contributed by atoms with Crippen molar-refractivity contribution in [2.45, 2.75) is 12.3 Å². The number of aliphatic hydroxyl groups excluding tert-OH is 1. The number of nitrogens with one attached hydrogen (secondary N) is 1. The van der Waals surface area contributed by atoms with Gasteiger partial charge in [0.25, 0.3) is 11.6 Å². The predicted molar refractivity (Wildman–Crippen MR) is 80.6 cm³/mol. The molecule has 0 spiro atoms. The Morgan fingerprint density at radius 2 is 2.12 bits per heavy atom. The Balaban J connectivity index is 2.13. The smallest absolute Gasteiger partial charge is 0.422 e. The van der Waals surface area contributed by atoms with Crippen molar-refractivity contribution >= 4 is 11.6 Å². The average Bonchev–Trinajstić information content (AvgIpc) is 3.11. The molecule has 1 aromatic carbocycles. The van der Waals surface area contributed by atoms with Crippen LogP contribution in [0.1, 0.15) is 22.2 Å². The van der Waals surface area contributed by atoms with E-state index in [9.17, 15) is 33.2 Å². The summed E-state index contributed by atoms with van der Waals surface area (Å²) in [6.07, 6.45) is -4.48. The predicted octanol–water partition coefficient (Wildman–Crippen LogP) is 2.59. The third-order valence-electron chi connectivity index (χ3n) is 3.14. The molecule has 140 valence electrons. The zero-order valence-electron chi connectivity index (χ0n) is 13.0. The van der Waals surface area contributed by atoms with Crippen LogP contribution in [0, 0.1) is 10.1 Å². The van der Waals surface area contributed by atoms with E-state index in [1.807, 2.05) is 0 Å². The highest BCUT2D eigenvalue weighted by Crippen LogP contribution is 2.26. The lowest BCUT2D eigenvalue weighted by atomic mass is 10.1. The number of amides is 1. The van der Waals surface area contributed by atoms with Crippen LogP contribution in [0.5, 0.6) is 5.75 Å². The van der Waals surface area contributed by atoms with Crippen molar-refractivity contribution in [1.82, 2.24) is 5.32 Å². The molecular formula is C15H13F3N2O6.